The summed E-state index contributed by atoms with van der Waals surface area (Å²) in [7, 11) is 1.81. The van der Waals surface area contributed by atoms with Crippen LogP contribution in [-0.4, -0.2) is 31.8 Å². The third kappa shape index (κ3) is 1.50. The van der Waals surface area contributed by atoms with Gasteiger partial charge in [0.25, 0.3) is 5.91 Å². The molecule has 1 saturated carbocycles. The SMILES string of the molecule is Cn1c(C(=O)NC2CC2)nc2c1CN(O)C2. The molecule has 86 valence electrons. The largest absolute Gasteiger partial charge is 0.347 e. The fraction of sp³-hybridized carbons (Fsp3) is 0.600. The van der Waals surface area contributed by atoms with Gasteiger partial charge in [-0.05, 0) is 12.8 Å². The summed E-state index contributed by atoms with van der Waals surface area (Å²) in [6, 6.07) is 0.341. The van der Waals surface area contributed by atoms with Crippen molar-refractivity contribution < 1.29 is 10.0 Å². The first-order valence-electron chi connectivity index (χ1n) is 5.44. The molecule has 2 aliphatic rings. The van der Waals surface area contributed by atoms with Crippen LogP contribution in [0.25, 0.3) is 0 Å². The summed E-state index contributed by atoms with van der Waals surface area (Å²) in [5.74, 6) is 0.342. The number of hydroxylamine groups is 2. The fourth-order valence-corrected chi connectivity index (χ4v) is 2.00. The van der Waals surface area contributed by atoms with E-state index in [1.807, 2.05) is 7.05 Å². The first-order valence-corrected chi connectivity index (χ1v) is 5.44. The number of fused-ring (bicyclic) bond motifs is 1. The summed E-state index contributed by atoms with van der Waals surface area (Å²) >= 11 is 0. The molecule has 1 aliphatic heterocycles. The maximum absolute atomic E-state index is 11.8. The summed E-state index contributed by atoms with van der Waals surface area (Å²) in [6.07, 6.45) is 2.14. The molecule has 0 radical (unpaired) electrons. The van der Waals surface area contributed by atoms with Crippen molar-refractivity contribution in [1.29, 1.82) is 0 Å². The Morgan fingerprint density at radius 1 is 1.50 bits per heavy atom. The quantitative estimate of drug-likeness (QED) is 0.740. The van der Waals surface area contributed by atoms with Gasteiger partial charge in [-0.25, -0.2) is 4.98 Å². The Kier molecular flexibility index (Phi) is 2.02. The molecule has 1 aromatic rings. The van der Waals surface area contributed by atoms with Gasteiger partial charge in [0, 0.05) is 13.1 Å². The van der Waals surface area contributed by atoms with Crippen LogP contribution in [0.5, 0.6) is 0 Å². The predicted octanol–water partition coefficient (Wildman–Crippen LogP) is 0.0171. The van der Waals surface area contributed by atoms with Crippen molar-refractivity contribution in [3.05, 3.63) is 17.2 Å². The topological polar surface area (TPSA) is 70.4 Å². The predicted molar refractivity (Wildman–Crippen MR) is 54.7 cm³/mol. The first kappa shape index (κ1) is 9.80. The zero-order valence-electron chi connectivity index (χ0n) is 9.10. The van der Waals surface area contributed by atoms with Gasteiger partial charge >= 0.3 is 0 Å². The van der Waals surface area contributed by atoms with Gasteiger partial charge in [-0.2, -0.15) is 5.06 Å². The van der Waals surface area contributed by atoms with Crippen molar-refractivity contribution in [3.8, 4) is 0 Å². The number of nitrogens with zero attached hydrogens (tertiary/aromatic N) is 3. The van der Waals surface area contributed by atoms with Crippen molar-refractivity contribution in [3.63, 3.8) is 0 Å². The molecule has 1 fully saturated rings. The summed E-state index contributed by atoms with van der Waals surface area (Å²) < 4.78 is 1.77. The minimum Gasteiger partial charge on any atom is -0.347 e. The second-order valence-electron chi connectivity index (χ2n) is 4.46. The number of hydrogen-bond acceptors (Lipinski definition) is 4. The molecule has 1 aliphatic carbocycles. The van der Waals surface area contributed by atoms with Crippen LogP contribution in [0.4, 0.5) is 0 Å². The summed E-state index contributed by atoms with van der Waals surface area (Å²) in [5, 5.41) is 13.4. The van der Waals surface area contributed by atoms with Gasteiger partial charge in [0.15, 0.2) is 5.82 Å². The molecule has 0 spiro atoms. The van der Waals surface area contributed by atoms with Crippen LogP contribution in [0, 0.1) is 0 Å². The van der Waals surface area contributed by atoms with E-state index in [9.17, 15) is 10.0 Å². The third-order valence-electron chi connectivity index (χ3n) is 3.08. The van der Waals surface area contributed by atoms with Crippen LogP contribution in [0.1, 0.15) is 34.8 Å². The Labute approximate surface area is 92.8 Å². The lowest BCUT2D eigenvalue weighted by atomic mass is 10.4. The van der Waals surface area contributed by atoms with Gasteiger partial charge in [0.05, 0.1) is 24.5 Å². The molecular formula is C10H14N4O2. The molecule has 6 heteroatoms. The van der Waals surface area contributed by atoms with Crippen LogP contribution in [0.3, 0.4) is 0 Å². The molecule has 1 aromatic heterocycles. The highest BCUT2D eigenvalue weighted by Gasteiger charge is 2.29. The van der Waals surface area contributed by atoms with Gasteiger partial charge in [-0.15, -0.1) is 0 Å². The second kappa shape index (κ2) is 3.29. The molecule has 0 unspecified atom stereocenters. The number of carbonyl (C=O) groups is 1. The molecule has 3 rings (SSSR count). The van der Waals surface area contributed by atoms with Crippen LogP contribution >= 0.6 is 0 Å². The Balaban J connectivity index is 1.85. The average molecular weight is 222 g/mol. The van der Waals surface area contributed by atoms with Crippen LogP contribution in [0.2, 0.25) is 0 Å². The maximum atomic E-state index is 11.8. The monoisotopic (exact) mass is 222 g/mol. The van der Waals surface area contributed by atoms with Gasteiger partial charge in [0.1, 0.15) is 0 Å². The normalized spacial score (nSPS) is 19.9. The molecular weight excluding hydrogens is 208 g/mol. The van der Waals surface area contributed by atoms with E-state index in [0.717, 1.165) is 24.2 Å². The molecule has 2 heterocycles. The van der Waals surface area contributed by atoms with Gasteiger partial charge in [-0.3, -0.25) is 4.79 Å². The summed E-state index contributed by atoms with van der Waals surface area (Å²) in [6.45, 7) is 0.843. The van der Waals surface area contributed by atoms with E-state index in [2.05, 4.69) is 10.3 Å². The lowest BCUT2D eigenvalue weighted by Crippen LogP contribution is -2.28. The number of imidazole rings is 1. The molecule has 0 aromatic carbocycles. The number of carbonyl (C=O) groups excluding carboxylic acids is 1. The molecule has 16 heavy (non-hydrogen) atoms. The number of aromatic nitrogens is 2. The lowest BCUT2D eigenvalue weighted by molar-refractivity contribution is -0.0985. The Hall–Kier alpha value is -1.40. The van der Waals surface area contributed by atoms with E-state index in [1.165, 1.54) is 5.06 Å². The van der Waals surface area contributed by atoms with Gasteiger partial charge in [0.2, 0.25) is 0 Å². The van der Waals surface area contributed by atoms with E-state index < -0.39 is 0 Å². The van der Waals surface area contributed by atoms with Gasteiger partial charge in [-0.1, -0.05) is 0 Å². The molecule has 0 atom stereocenters. The maximum Gasteiger partial charge on any atom is 0.287 e. The Morgan fingerprint density at radius 3 is 2.88 bits per heavy atom. The molecule has 0 bridgehead atoms. The van der Waals surface area contributed by atoms with E-state index in [0.29, 0.717) is 25.0 Å². The standard InChI is InChI=1S/C10H14N4O2/c1-13-8-5-14(16)4-7(8)12-9(13)10(15)11-6-2-3-6/h6,16H,2-5H2,1H3,(H,11,15). The van der Waals surface area contributed by atoms with Crippen LogP contribution in [-0.2, 0) is 20.1 Å². The van der Waals surface area contributed by atoms with Crippen LogP contribution < -0.4 is 5.32 Å². The fourth-order valence-electron chi connectivity index (χ4n) is 2.00. The molecule has 0 saturated heterocycles. The highest BCUT2D eigenvalue weighted by molar-refractivity contribution is 5.91. The molecule has 2 N–H and O–H groups in total. The van der Waals surface area contributed by atoms with Crippen molar-refractivity contribution in [2.45, 2.75) is 32.0 Å². The summed E-state index contributed by atoms with van der Waals surface area (Å²) in [5.41, 5.74) is 1.72. The highest BCUT2D eigenvalue weighted by Crippen LogP contribution is 2.23. The minimum atomic E-state index is -0.108. The average Bonchev–Trinajstić information content (AvgIpc) is 2.88. The number of amides is 1. The summed E-state index contributed by atoms with van der Waals surface area (Å²) in [4.78, 5) is 16.1. The Morgan fingerprint density at radius 2 is 2.25 bits per heavy atom. The lowest BCUT2D eigenvalue weighted by Gasteiger charge is -2.07. The van der Waals surface area contributed by atoms with Crippen LogP contribution in [0.15, 0.2) is 0 Å². The van der Waals surface area contributed by atoms with E-state index >= 15 is 0 Å². The number of rotatable bonds is 2. The smallest absolute Gasteiger partial charge is 0.287 e. The second-order valence-corrected chi connectivity index (χ2v) is 4.46. The third-order valence-corrected chi connectivity index (χ3v) is 3.08. The van der Waals surface area contributed by atoms with Crippen molar-refractivity contribution in [2.75, 3.05) is 0 Å². The zero-order chi connectivity index (χ0) is 11.3. The zero-order valence-corrected chi connectivity index (χ0v) is 9.10. The minimum absolute atomic E-state index is 0.108. The molecule has 1 amide bonds. The number of nitrogens with one attached hydrogen (secondary N) is 1. The number of hydrogen-bond donors (Lipinski definition) is 2. The van der Waals surface area contributed by atoms with Crippen molar-refractivity contribution >= 4 is 5.91 Å². The van der Waals surface area contributed by atoms with E-state index in [1.54, 1.807) is 4.57 Å². The highest BCUT2D eigenvalue weighted by atomic mass is 16.5. The van der Waals surface area contributed by atoms with Crippen molar-refractivity contribution in [1.82, 2.24) is 19.9 Å². The molecule has 6 nitrogen and oxygen atoms in total. The van der Waals surface area contributed by atoms with Gasteiger partial charge < -0.3 is 15.1 Å². The first-order chi connectivity index (χ1) is 7.65. The van der Waals surface area contributed by atoms with E-state index in [-0.39, 0.29) is 5.91 Å². The Bertz CT molecular complexity index is 450. The van der Waals surface area contributed by atoms with Crippen molar-refractivity contribution in [2.24, 2.45) is 7.05 Å². The van der Waals surface area contributed by atoms with E-state index in [4.69, 9.17) is 0 Å².